The molecule has 0 aliphatic rings. The van der Waals surface area contributed by atoms with E-state index in [0.29, 0.717) is 18.0 Å². The molecule has 0 saturated carbocycles. The first kappa shape index (κ1) is 21.0. The van der Waals surface area contributed by atoms with E-state index in [1.807, 2.05) is 66.7 Å². The van der Waals surface area contributed by atoms with Gasteiger partial charge in [-0.15, -0.1) is 0 Å². The summed E-state index contributed by atoms with van der Waals surface area (Å²) in [4.78, 5) is 15.6. The summed E-state index contributed by atoms with van der Waals surface area (Å²) in [5.74, 6) is -0.194. The monoisotopic (exact) mass is 432 g/mol. The number of nitrogens with two attached hydrogens (primary N) is 1. The molecule has 3 aromatic carbocycles. The average Bonchev–Trinajstić information content (AvgIpc) is 3.22. The van der Waals surface area contributed by atoms with Gasteiger partial charge in [-0.25, -0.2) is 0 Å². The maximum absolute atomic E-state index is 12.1. The van der Waals surface area contributed by atoms with Crippen LogP contribution in [0.3, 0.4) is 0 Å². The fourth-order valence-corrected chi connectivity index (χ4v) is 3.92. The number of aromatic nitrogens is 1. The van der Waals surface area contributed by atoms with E-state index >= 15 is 0 Å². The molecule has 0 fully saturated rings. The summed E-state index contributed by atoms with van der Waals surface area (Å²) in [7, 11) is 0. The minimum atomic E-state index is -0.230. The van der Waals surface area contributed by atoms with Crippen molar-refractivity contribution in [2.24, 2.45) is 5.73 Å². The second-order valence-electron chi connectivity index (χ2n) is 7.50. The van der Waals surface area contributed by atoms with E-state index in [1.165, 1.54) is 5.56 Å². The number of hydrogen-bond donors (Lipinski definition) is 4. The van der Waals surface area contributed by atoms with Crippen molar-refractivity contribution >= 4 is 34.1 Å². The summed E-state index contributed by atoms with van der Waals surface area (Å²) in [5, 5.41) is 8.15. The summed E-state index contributed by atoms with van der Waals surface area (Å²) in [5.41, 5.74) is 10.6. The summed E-state index contributed by atoms with van der Waals surface area (Å²) in [6.07, 6.45) is 0.653. The lowest BCUT2D eigenvalue weighted by Crippen LogP contribution is -2.34. The Balaban J connectivity index is 1.65. The molecule has 5 nitrogen and oxygen atoms in total. The van der Waals surface area contributed by atoms with Crippen LogP contribution in [0, 0.1) is 0 Å². The number of carbonyl (C=O) groups excluding carboxylic acids is 1. The molecule has 1 aromatic heterocycles. The van der Waals surface area contributed by atoms with Gasteiger partial charge in [0, 0.05) is 22.6 Å². The second kappa shape index (κ2) is 9.69. The number of H-pyrrole nitrogens is 1. The Morgan fingerprint density at radius 1 is 0.968 bits per heavy atom. The highest BCUT2D eigenvalue weighted by Crippen LogP contribution is 2.31. The fourth-order valence-electron chi connectivity index (χ4n) is 3.69. The van der Waals surface area contributed by atoms with Gasteiger partial charge < -0.3 is 21.4 Å². The molecule has 4 aromatic rings. The van der Waals surface area contributed by atoms with E-state index in [1.54, 1.807) is 0 Å². The van der Waals surface area contributed by atoms with E-state index in [9.17, 15) is 4.79 Å². The van der Waals surface area contributed by atoms with Gasteiger partial charge in [-0.1, -0.05) is 72.3 Å². The zero-order valence-corrected chi connectivity index (χ0v) is 17.8. The summed E-state index contributed by atoms with van der Waals surface area (Å²) in [6, 6.07) is 25.9. The van der Waals surface area contributed by atoms with Crippen LogP contribution >= 0.6 is 11.6 Å². The molecular formula is C25H25ClN4O. The standard InChI is InChI=1S/C25H25ClN4O/c26-20-12-19-13-22(21(29-24(31)15-27)11-17-7-3-1-4-8-17)30-25(19)23(14-20)28-16-18-9-5-2-6-10-18/h1-10,12-14,21,28,30H,11,15-16,27H2,(H,29,31). The van der Waals surface area contributed by atoms with Crippen LogP contribution in [0.5, 0.6) is 0 Å². The molecular weight excluding hydrogens is 408 g/mol. The third-order valence-corrected chi connectivity index (χ3v) is 5.44. The van der Waals surface area contributed by atoms with E-state index in [4.69, 9.17) is 17.3 Å². The van der Waals surface area contributed by atoms with Gasteiger partial charge in [0.15, 0.2) is 0 Å². The maximum Gasteiger partial charge on any atom is 0.234 e. The van der Waals surface area contributed by atoms with Crippen molar-refractivity contribution in [2.75, 3.05) is 11.9 Å². The number of benzene rings is 3. The molecule has 0 saturated heterocycles. The van der Waals surface area contributed by atoms with Crippen molar-refractivity contribution in [3.05, 3.63) is 101 Å². The van der Waals surface area contributed by atoms with Gasteiger partial charge in [-0.05, 0) is 35.7 Å². The molecule has 1 heterocycles. The molecule has 0 spiro atoms. The second-order valence-corrected chi connectivity index (χ2v) is 7.93. The van der Waals surface area contributed by atoms with E-state index in [-0.39, 0.29) is 18.5 Å². The lowest BCUT2D eigenvalue weighted by Gasteiger charge is -2.17. The third-order valence-electron chi connectivity index (χ3n) is 5.22. The first-order chi connectivity index (χ1) is 15.1. The Morgan fingerprint density at radius 3 is 2.32 bits per heavy atom. The Kier molecular flexibility index (Phi) is 6.55. The number of hydrogen-bond acceptors (Lipinski definition) is 3. The molecule has 0 radical (unpaired) electrons. The van der Waals surface area contributed by atoms with Crippen molar-refractivity contribution in [3.63, 3.8) is 0 Å². The molecule has 1 atom stereocenters. The Morgan fingerprint density at radius 2 is 1.65 bits per heavy atom. The van der Waals surface area contributed by atoms with Crippen molar-refractivity contribution in [2.45, 2.75) is 19.0 Å². The zero-order chi connectivity index (χ0) is 21.6. The van der Waals surface area contributed by atoms with E-state index in [2.05, 4.69) is 27.8 Å². The molecule has 0 aliphatic carbocycles. The smallest absolute Gasteiger partial charge is 0.234 e. The number of carbonyl (C=O) groups is 1. The highest BCUT2D eigenvalue weighted by atomic mass is 35.5. The lowest BCUT2D eigenvalue weighted by molar-refractivity contribution is -0.120. The Hall–Kier alpha value is -3.28. The van der Waals surface area contributed by atoms with Crippen molar-refractivity contribution in [1.82, 2.24) is 10.3 Å². The van der Waals surface area contributed by atoms with Gasteiger partial charge in [-0.2, -0.15) is 0 Å². The number of fused-ring (bicyclic) bond motifs is 1. The van der Waals surface area contributed by atoms with Crippen LogP contribution in [-0.2, 0) is 17.8 Å². The number of rotatable bonds is 8. The van der Waals surface area contributed by atoms with Crippen LogP contribution in [0.1, 0.15) is 22.9 Å². The predicted octanol–water partition coefficient (Wildman–Crippen LogP) is 4.79. The third kappa shape index (κ3) is 5.26. The van der Waals surface area contributed by atoms with Crippen LogP contribution in [0.4, 0.5) is 5.69 Å². The van der Waals surface area contributed by atoms with Gasteiger partial charge in [0.25, 0.3) is 0 Å². The van der Waals surface area contributed by atoms with Crippen LogP contribution in [0.15, 0.2) is 78.9 Å². The highest BCUT2D eigenvalue weighted by molar-refractivity contribution is 6.31. The molecule has 4 rings (SSSR count). The van der Waals surface area contributed by atoms with Gasteiger partial charge in [-0.3, -0.25) is 4.79 Å². The molecule has 0 bridgehead atoms. The summed E-state index contributed by atoms with van der Waals surface area (Å²) < 4.78 is 0. The highest BCUT2D eigenvalue weighted by Gasteiger charge is 2.18. The van der Waals surface area contributed by atoms with Crippen LogP contribution in [0.25, 0.3) is 10.9 Å². The number of anilines is 1. The zero-order valence-electron chi connectivity index (χ0n) is 17.1. The summed E-state index contributed by atoms with van der Waals surface area (Å²) >= 11 is 6.39. The first-order valence-corrected chi connectivity index (χ1v) is 10.6. The van der Waals surface area contributed by atoms with Crippen LogP contribution in [-0.4, -0.2) is 17.4 Å². The van der Waals surface area contributed by atoms with Crippen LogP contribution < -0.4 is 16.4 Å². The summed E-state index contributed by atoms with van der Waals surface area (Å²) in [6.45, 7) is 0.628. The SMILES string of the molecule is NCC(=O)NC(Cc1ccccc1)c1cc2cc(Cl)cc(NCc3ccccc3)c2[nH]1. The van der Waals surface area contributed by atoms with Crippen molar-refractivity contribution in [3.8, 4) is 0 Å². The van der Waals surface area contributed by atoms with Gasteiger partial charge in [0.1, 0.15) is 0 Å². The molecule has 6 heteroatoms. The largest absolute Gasteiger partial charge is 0.379 e. The minimum absolute atomic E-state index is 0.0543. The van der Waals surface area contributed by atoms with Gasteiger partial charge >= 0.3 is 0 Å². The first-order valence-electron chi connectivity index (χ1n) is 10.3. The van der Waals surface area contributed by atoms with Crippen LogP contribution in [0.2, 0.25) is 5.02 Å². The van der Waals surface area contributed by atoms with E-state index < -0.39 is 0 Å². The molecule has 5 N–H and O–H groups in total. The number of aromatic amines is 1. The Bertz CT molecular complexity index is 1160. The van der Waals surface area contributed by atoms with Crippen molar-refractivity contribution in [1.29, 1.82) is 0 Å². The molecule has 158 valence electrons. The topological polar surface area (TPSA) is 82.9 Å². The quantitative estimate of drug-likeness (QED) is 0.323. The minimum Gasteiger partial charge on any atom is -0.379 e. The molecule has 1 unspecified atom stereocenters. The normalized spacial score (nSPS) is 11.9. The molecule has 0 aliphatic heterocycles. The maximum atomic E-state index is 12.1. The predicted molar refractivity (Wildman–Crippen MR) is 127 cm³/mol. The van der Waals surface area contributed by atoms with Gasteiger partial charge in [0.05, 0.1) is 23.8 Å². The number of amides is 1. The Labute approximate surface area is 186 Å². The average molecular weight is 433 g/mol. The van der Waals surface area contributed by atoms with Crippen molar-refractivity contribution < 1.29 is 4.79 Å². The number of halogens is 1. The fraction of sp³-hybridized carbons (Fsp3) is 0.160. The van der Waals surface area contributed by atoms with E-state index in [0.717, 1.165) is 27.8 Å². The molecule has 1 amide bonds. The van der Waals surface area contributed by atoms with Gasteiger partial charge in [0.2, 0.25) is 5.91 Å². The lowest BCUT2D eigenvalue weighted by atomic mass is 10.0. The number of nitrogens with one attached hydrogen (secondary N) is 3. The molecule has 31 heavy (non-hydrogen) atoms.